The van der Waals surface area contributed by atoms with Crippen LogP contribution < -0.4 is 5.32 Å². The highest BCUT2D eigenvalue weighted by Gasteiger charge is 2.24. The molecule has 0 bridgehead atoms. The Morgan fingerprint density at radius 1 is 0.958 bits per heavy atom. The van der Waals surface area contributed by atoms with Gasteiger partial charge in [-0.25, -0.2) is 0 Å². The highest BCUT2D eigenvalue weighted by atomic mass is 28.1. The zero-order chi connectivity index (χ0) is 18.4. The molecule has 0 spiro atoms. The van der Waals surface area contributed by atoms with E-state index < -0.39 is 18.0 Å². The molecule has 8 heteroatoms. The lowest BCUT2D eigenvalue weighted by atomic mass is 10.2. The molecule has 0 saturated carbocycles. The molecule has 2 atom stereocenters. The molecule has 0 aliphatic carbocycles. The lowest BCUT2D eigenvalue weighted by Crippen LogP contribution is -2.41. The Bertz CT molecular complexity index is 349. The van der Waals surface area contributed by atoms with Gasteiger partial charge in [-0.05, 0) is 46.2 Å². The second kappa shape index (κ2) is 14.4. The summed E-state index contributed by atoms with van der Waals surface area (Å²) in [5.74, 6) is -0.839. The fourth-order valence-corrected chi connectivity index (χ4v) is 2.87. The van der Waals surface area contributed by atoms with Crippen molar-refractivity contribution < 1.29 is 28.5 Å². The minimum atomic E-state index is -0.685. The SMILES string of the molecule is CCOC(=O)C[C@H](NCCC([SiH3])C(OCC)OCC)C(=O)OCC. The topological polar surface area (TPSA) is 83.1 Å². The van der Waals surface area contributed by atoms with E-state index in [9.17, 15) is 9.59 Å². The summed E-state index contributed by atoms with van der Waals surface area (Å²) in [7, 11) is 0.910. The predicted octanol–water partition coefficient (Wildman–Crippen LogP) is 0.404. The molecule has 0 heterocycles. The molecule has 0 aromatic heterocycles. The third kappa shape index (κ3) is 10.0. The average molecular weight is 364 g/mol. The highest BCUT2D eigenvalue weighted by molar-refractivity contribution is 6.11. The number of hydrogen-bond acceptors (Lipinski definition) is 7. The molecule has 142 valence electrons. The van der Waals surface area contributed by atoms with Crippen LogP contribution in [0.15, 0.2) is 0 Å². The molecule has 24 heavy (non-hydrogen) atoms. The van der Waals surface area contributed by atoms with Crippen molar-refractivity contribution in [3.63, 3.8) is 0 Å². The molecule has 0 aromatic rings. The molecule has 0 rings (SSSR count). The molecule has 0 aliphatic rings. The van der Waals surface area contributed by atoms with Crippen LogP contribution in [-0.4, -0.2) is 67.5 Å². The van der Waals surface area contributed by atoms with Gasteiger partial charge in [0, 0.05) is 23.5 Å². The first kappa shape index (κ1) is 23.0. The van der Waals surface area contributed by atoms with Gasteiger partial charge in [-0.15, -0.1) is 0 Å². The maximum absolute atomic E-state index is 12.0. The fraction of sp³-hybridized carbons (Fsp3) is 0.875. The Morgan fingerprint density at radius 3 is 2.04 bits per heavy atom. The highest BCUT2D eigenvalue weighted by Crippen LogP contribution is 2.16. The Morgan fingerprint density at radius 2 is 1.54 bits per heavy atom. The molecule has 0 radical (unpaired) electrons. The number of hydrogen-bond donors (Lipinski definition) is 1. The smallest absolute Gasteiger partial charge is 0.323 e. The van der Waals surface area contributed by atoms with E-state index in [4.69, 9.17) is 18.9 Å². The van der Waals surface area contributed by atoms with Gasteiger partial charge in [0.1, 0.15) is 6.04 Å². The number of rotatable bonds is 14. The molecule has 0 aliphatic heterocycles. The van der Waals surface area contributed by atoms with E-state index in [2.05, 4.69) is 5.32 Å². The Labute approximate surface area is 148 Å². The van der Waals surface area contributed by atoms with Gasteiger partial charge >= 0.3 is 11.9 Å². The monoisotopic (exact) mass is 363 g/mol. The average Bonchev–Trinajstić information content (AvgIpc) is 2.54. The number of esters is 2. The van der Waals surface area contributed by atoms with Crippen LogP contribution in [0, 0.1) is 0 Å². The largest absolute Gasteiger partial charge is 0.466 e. The summed E-state index contributed by atoms with van der Waals surface area (Å²) in [4.78, 5) is 23.6. The molecule has 1 N–H and O–H groups in total. The van der Waals surface area contributed by atoms with E-state index in [1.807, 2.05) is 13.8 Å². The Hall–Kier alpha value is -0.963. The summed E-state index contributed by atoms with van der Waals surface area (Å²) in [6.45, 7) is 9.70. The van der Waals surface area contributed by atoms with Crippen LogP contribution in [0.5, 0.6) is 0 Å². The molecule has 1 unspecified atom stereocenters. The number of ether oxygens (including phenoxy) is 4. The summed E-state index contributed by atoms with van der Waals surface area (Å²) in [6, 6.07) is -0.685. The minimum Gasteiger partial charge on any atom is -0.466 e. The summed E-state index contributed by atoms with van der Waals surface area (Å²) < 4.78 is 21.1. The van der Waals surface area contributed by atoms with Gasteiger partial charge in [-0.2, -0.15) is 0 Å². The van der Waals surface area contributed by atoms with E-state index in [1.165, 1.54) is 0 Å². The molecule has 7 nitrogen and oxygen atoms in total. The molecular formula is C16H33NO6Si. The van der Waals surface area contributed by atoms with Crippen LogP contribution in [0.1, 0.15) is 40.5 Å². The summed E-state index contributed by atoms with van der Waals surface area (Å²) in [6.07, 6.45) is 0.564. The second-order valence-corrected chi connectivity index (χ2v) is 6.80. The third-order valence-electron chi connectivity index (χ3n) is 3.36. The number of nitrogens with one attached hydrogen (secondary N) is 1. The van der Waals surface area contributed by atoms with Crippen LogP contribution in [0.2, 0.25) is 5.54 Å². The zero-order valence-corrected chi connectivity index (χ0v) is 17.6. The zero-order valence-electron chi connectivity index (χ0n) is 15.6. The van der Waals surface area contributed by atoms with E-state index in [0.717, 1.165) is 16.7 Å². The normalized spacial score (nSPS) is 13.7. The van der Waals surface area contributed by atoms with Crippen LogP contribution in [0.3, 0.4) is 0 Å². The number of carbonyl (C=O) groups is 2. The first-order valence-electron chi connectivity index (χ1n) is 8.78. The van der Waals surface area contributed by atoms with Gasteiger partial charge in [0.25, 0.3) is 0 Å². The van der Waals surface area contributed by atoms with Gasteiger partial charge in [0.15, 0.2) is 6.29 Å². The summed E-state index contributed by atoms with van der Waals surface area (Å²) in [5.41, 5.74) is 0.294. The van der Waals surface area contributed by atoms with E-state index in [1.54, 1.807) is 13.8 Å². The predicted molar refractivity (Wildman–Crippen MR) is 95.0 cm³/mol. The van der Waals surface area contributed by atoms with E-state index in [0.29, 0.717) is 31.9 Å². The first-order chi connectivity index (χ1) is 11.5. The van der Waals surface area contributed by atoms with Crippen LogP contribution in [-0.2, 0) is 28.5 Å². The maximum atomic E-state index is 12.0. The molecular weight excluding hydrogens is 330 g/mol. The summed E-state index contributed by atoms with van der Waals surface area (Å²) in [5, 5.41) is 3.10. The standard InChI is InChI=1S/C16H33NO6Si/c1-5-20-14(18)11-12(15(19)21-6-2)17-10-9-13(24)16(22-7-3)23-8-4/h12-13,16-17H,5-11H2,1-4,24H3/t12-,13?/m0/s1. The van der Waals surface area contributed by atoms with Crippen LogP contribution in [0.25, 0.3) is 0 Å². The van der Waals surface area contributed by atoms with Gasteiger partial charge in [-0.3, -0.25) is 9.59 Å². The Kier molecular flexibility index (Phi) is 13.8. The van der Waals surface area contributed by atoms with Gasteiger partial charge in [0.2, 0.25) is 0 Å². The van der Waals surface area contributed by atoms with Crippen molar-refractivity contribution in [1.82, 2.24) is 5.32 Å². The molecule has 0 amide bonds. The third-order valence-corrected chi connectivity index (χ3v) is 4.49. The fourth-order valence-electron chi connectivity index (χ4n) is 2.19. The molecule has 0 saturated heterocycles. The number of carbonyl (C=O) groups excluding carboxylic acids is 2. The van der Waals surface area contributed by atoms with Gasteiger partial charge < -0.3 is 24.3 Å². The minimum absolute atomic E-state index is 0.0289. The van der Waals surface area contributed by atoms with Gasteiger partial charge in [-0.1, -0.05) is 0 Å². The van der Waals surface area contributed by atoms with Crippen LogP contribution in [0.4, 0.5) is 0 Å². The Balaban J connectivity index is 4.47. The lowest BCUT2D eigenvalue weighted by molar-refractivity contribution is -0.152. The first-order valence-corrected chi connectivity index (χ1v) is 9.94. The summed E-state index contributed by atoms with van der Waals surface area (Å²) >= 11 is 0. The van der Waals surface area contributed by atoms with Crippen molar-refractivity contribution in [2.45, 2.75) is 58.4 Å². The van der Waals surface area contributed by atoms with Gasteiger partial charge in [0.05, 0.1) is 19.6 Å². The van der Waals surface area contributed by atoms with E-state index in [-0.39, 0.29) is 19.3 Å². The van der Waals surface area contributed by atoms with Crippen molar-refractivity contribution in [2.75, 3.05) is 33.0 Å². The second-order valence-electron chi connectivity index (χ2n) is 5.31. The molecule has 0 aromatic carbocycles. The van der Waals surface area contributed by atoms with Crippen molar-refractivity contribution in [1.29, 1.82) is 0 Å². The maximum Gasteiger partial charge on any atom is 0.323 e. The van der Waals surface area contributed by atoms with Crippen molar-refractivity contribution in [3.05, 3.63) is 0 Å². The molecule has 0 fully saturated rings. The van der Waals surface area contributed by atoms with E-state index >= 15 is 0 Å². The van der Waals surface area contributed by atoms with Crippen LogP contribution >= 0.6 is 0 Å². The van der Waals surface area contributed by atoms with Crippen molar-refractivity contribution >= 4 is 22.2 Å². The lowest BCUT2D eigenvalue weighted by Gasteiger charge is -2.24. The van der Waals surface area contributed by atoms with Crippen molar-refractivity contribution in [2.24, 2.45) is 0 Å². The van der Waals surface area contributed by atoms with Crippen molar-refractivity contribution in [3.8, 4) is 0 Å². The quantitative estimate of drug-likeness (QED) is 0.272.